The normalized spacial score (nSPS) is 13.0. The number of hydrogen-bond donors (Lipinski definition) is 0. The second-order valence-corrected chi connectivity index (χ2v) is 5.33. The summed E-state index contributed by atoms with van der Waals surface area (Å²) in [6.45, 7) is 5.15. The number of hydrogen-bond acceptors (Lipinski definition) is 3. The highest BCUT2D eigenvalue weighted by molar-refractivity contribution is 9.09. The van der Waals surface area contributed by atoms with Gasteiger partial charge in [-0.05, 0) is 6.92 Å². The molecule has 68 valence electrons. The summed E-state index contributed by atoms with van der Waals surface area (Å²) >= 11 is 5.21. The zero-order valence-electron chi connectivity index (χ0n) is 7.54. The molecule has 0 fully saturated rings. The van der Waals surface area contributed by atoms with E-state index >= 15 is 0 Å². The van der Waals surface area contributed by atoms with E-state index in [0.29, 0.717) is 4.83 Å². The second kappa shape index (κ2) is 4.23. The van der Waals surface area contributed by atoms with Crippen LogP contribution in [0.15, 0.2) is 5.38 Å². The van der Waals surface area contributed by atoms with Gasteiger partial charge in [-0.2, -0.15) is 0 Å². The van der Waals surface area contributed by atoms with Crippen molar-refractivity contribution < 1.29 is 0 Å². The van der Waals surface area contributed by atoms with E-state index in [-0.39, 0.29) is 0 Å². The van der Waals surface area contributed by atoms with Crippen LogP contribution >= 0.6 is 27.3 Å². The quantitative estimate of drug-likeness (QED) is 0.765. The first kappa shape index (κ1) is 9.99. The number of aromatic nitrogens is 1. The molecule has 4 heteroatoms. The molecule has 1 aromatic heterocycles. The minimum Gasteiger partial charge on any atom is -0.350 e. The van der Waals surface area contributed by atoms with Gasteiger partial charge in [0, 0.05) is 23.8 Å². The number of aryl methyl sites for hydroxylation is 1. The molecule has 1 unspecified atom stereocenters. The summed E-state index contributed by atoms with van der Waals surface area (Å²) in [6, 6.07) is 0. The highest BCUT2D eigenvalue weighted by atomic mass is 79.9. The van der Waals surface area contributed by atoms with E-state index in [0.717, 1.165) is 17.4 Å². The van der Waals surface area contributed by atoms with Crippen LogP contribution < -0.4 is 4.90 Å². The highest BCUT2D eigenvalue weighted by Crippen LogP contribution is 2.19. The van der Waals surface area contributed by atoms with Crippen LogP contribution in [0, 0.1) is 6.92 Å². The summed E-state index contributed by atoms with van der Waals surface area (Å²) in [5, 5.41) is 3.17. The number of nitrogens with zero attached hydrogens (tertiary/aromatic N) is 2. The lowest BCUT2D eigenvalue weighted by Gasteiger charge is -2.16. The zero-order chi connectivity index (χ0) is 9.14. The summed E-state index contributed by atoms with van der Waals surface area (Å²) in [6.07, 6.45) is 0. The SMILES string of the molecule is Cc1csc(N(C)CC(C)Br)n1. The molecule has 1 rings (SSSR count). The third kappa shape index (κ3) is 2.75. The van der Waals surface area contributed by atoms with Gasteiger partial charge in [-0.3, -0.25) is 0 Å². The molecule has 1 heterocycles. The van der Waals surface area contributed by atoms with Gasteiger partial charge >= 0.3 is 0 Å². The van der Waals surface area contributed by atoms with E-state index in [1.165, 1.54) is 0 Å². The largest absolute Gasteiger partial charge is 0.350 e. The Hall–Kier alpha value is -0.0900. The lowest BCUT2D eigenvalue weighted by molar-refractivity contribution is 0.870. The Kier molecular flexibility index (Phi) is 3.53. The van der Waals surface area contributed by atoms with E-state index in [4.69, 9.17) is 0 Å². The lowest BCUT2D eigenvalue weighted by Crippen LogP contribution is -2.23. The van der Waals surface area contributed by atoms with Gasteiger partial charge in [0.05, 0.1) is 5.69 Å². The minimum absolute atomic E-state index is 0.506. The van der Waals surface area contributed by atoms with Crippen molar-refractivity contribution in [1.82, 2.24) is 4.98 Å². The van der Waals surface area contributed by atoms with Crippen molar-refractivity contribution in [2.75, 3.05) is 18.5 Å². The summed E-state index contributed by atoms with van der Waals surface area (Å²) in [5.41, 5.74) is 1.10. The van der Waals surface area contributed by atoms with Crippen LogP contribution in [-0.2, 0) is 0 Å². The molecule has 0 amide bonds. The van der Waals surface area contributed by atoms with Gasteiger partial charge in [0.15, 0.2) is 5.13 Å². The minimum atomic E-state index is 0.506. The Bertz CT molecular complexity index is 247. The standard InChI is InChI=1S/C8H13BrN2S/c1-6(9)4-11(3)8-10-7(2)5-12-8/h5-6H,4H2,1-3H3. The van der Waals surface area contributed by atoms with Crippen molar-refractivity contribution in [1.29, 1.82) is 0 Å². The molecule has 1 aromatic rings. The topological polar surface area (TPSA) is 16.1 Å². The maximum absolute atomic E-state index is 4.39. The van der Waals surface area contributed by atoms with E-state index in [9.17, 15) is 0 Å². The van der Waals surface area contributed by atoms with Crippen molar-refractivity contribution in [3.05, 3.63) is 11.1 Å². The molecule has 0 radical (unpaired) electrons. The summed E-state index contributed by atoms with van der Waals surface area (Å²) in [4.78, 5) is 7.06. The average molecular weight is 249 g/mol. The molecule has 0 aliphatic rings. The van der Waals surface area contributed by atoms with Gasteiger partial charge in [-0.15, -0.1) is 11.3 Å². The molecular formula is C8H13BrN2S. The van der Waals surface area contributed by atoms with E-state index < -0.39 is 0 Å². The Morgan fingerprint density at radius 2 is 2.42 bits per heavy atom. The van der Waals surface area contributed by atoms with Gasteiger partial charge in [0.2, 0.25) is 0 Å². The molecule has 0 saturated heterocycles. The molecular weight excluding hydrogens is 236 g/mol. The fourth-order valence-corrected chi connectivity index (χ4v) is 2.19. The number of alkyl halides is 1. The van der Waals surface area contributed by atoms with Gasteiger partial charge in [0.1, 0.15) is 0 Å². The molecule has 0 aromatic carbocycles. The van der Waals surface area contributed by atoms with Crippen molar-refractivity contribution in [2.45, 2.75) is 18.7 Å². The molecule has 0 bridgehead atoms. The van der Waals surface area contributed by atoms with Gasteiger partial charge in [0.25, 0.3) is 0 Å². The molecule has 0 spiro atoms. The predicted octanol–water partition coefficient (Wildman–Crippen LogP) is 2.67. The second-order valence-electron chi connectivity index (χ2n) is 2.93. The van der Waals surface area contributed by atoms with Crippen LogP contribution in [0.3, 0.4) is 0 Å². The van der Waals surface area contributed by atoms with E-state index in [2.05, 4.69) is 45.2 Å². The highest BCUT2D eigenvalue weighted by Gasteiger charge is 2.06. The van der Waals surface area contributed by atoms with Crippen molar-refractivity contribution in [3.8, 4) is 0 Å². The van der Waals surface area contributed by atoms with Crippen molar-refractivity contribution in [2.24, 2.45) is 0 Å². The monoisotopic (exact) mass is 248 g/mol. The molecule has 0 N–H and O–H groups in total. The lowest BCUT2D eigenvalue weighted by atomic mass is 10.4. The molecule has 0 aliphatic carbocycles. The van der Waals surface area contributed by atoms with Crippen LogP contribution in [0.2, 0.25) is 0 Å². The molecule has 1 atom stereocenters. The molecule has 12 heavy (non-hydrogen) atoms. The fourth-order valence-electron chi connectivity index (χ4n) is 0.972. The number of halogens is 1. The molecule has 0 aliphatic heterocycles. The first-order chi connectivity index (χ1) is 5.59. The van der Waals surface area contributed by atoms with Crippen LogP contribution in [-0.4, -0.2) is 23.4 Å². The maximum atomic E-state index is 4.39. The summed E-state index contributed by atoms with van der Waals surface area (Å²) in [7, 11) is 2.07. The van der Waals surface area contributed by atoms with Crippen molar-refractivity contribution >= 4 is 32.4 Å². The smallest absolute Gasteiger partial charge is 0.185 e. The van der Waals surface area contributed by atoms with Gasteiger partial charge in [-0.1, -0.05) is 22.9 Å². The summed E-state index contributed by atoms with van der Waals surface area (Å²) in [5.74, 6) is 0. The van der Waals surface area contributed by atoms with Crippen LogP contribution in [0.25, 0.3) is 0 Å². The average Bonchev–Trinajstić information content (AvgIpc) is 2.34. The number of anilines is 1. The van der Waals surface area contributed by atoms with Gasteiger partial charge in [-0.25, -0.2) is 4.98 Å². The van der Waals surface area contributed by atoms with Crippen LogP contribution in [0.4, 0.5) is 5.13 Å². The summed E-state index contributed by atoms with van der Waals surface area (Å²) < 4.78 is 0. The Labute approximate surface area is 85.7 Å². The Morgan fingerprint density at radius 3 is 2.83 bits per heavy atom. The first-order valence-corrected chi connectivity index (χ1v) is 5.66. The Balaban J connectivity index is 2.58. The first-order valence-electron chi connectivity index (χ1n) is 3.87. The third-order valence-electron chi connectivity index (χ3n) is 1.46. The van der Waals surface area contributed by atoms with E-state index in [1.807, 2.05) is 6.92 Å². The fraction of sp³-hybridized carbons (Fsp3) is 0.625. The predicted molar refractivity (Wildman–Crippen MR) is 58.5 cm³/mol. The zero-order valence-corrected chi connectivity index (χ0v) is 9.94. The third-order valence-corrected chi connectivity index (χ3v) is 2.82. The number of rotatable bonds is 3. The maximum Gasteiger partial charge on any atom is 0.185 e. The van der Waals surface area contributed by atoms with Gasteiger partial charge < -0.3 is 4.90 Å². The van der Waals surface area contributed by atoms with Crippen LogP contribution in [0.1, 0.15) is 12.6 Å². The molecule has 0 saturated carbocycles. The van der Waals surface area contributed by atoms with E-state index in [1.54, 1.807) is 11.3 Å². The van der Waals surface area contributed by atoms with Crippen molar-refractivity contribution in [3.63, 3.8) is 0 Å². The number of thiazole rings is 1. The molecule has 2 nitrogen and oxygen atoms in total. The Morgan fingerprint density at radius 1 is 1.75 bits per heavy atom. The van der Waals surface area contributed by atoms with Crippen LogP contribution in [0.5, 0.6) is 0 Å².